The summed E-state index contributed by atoms with van der Waals surface area (Å²) >= 11 is 0. The fourth-order valence-corrected chi connectivity index (χ4v) is 1.79. The third-order valence-electron chi connectivity index (χ3n) is 2.83. The highest BCUT2D eigenvalue weighted by atomic mass is 16.7. The summed E-state index contributed by atoms with van der Waals surface area (Å²) in [6, 6.07) is 0. The quantitative estimate of drug-likeness (QED) is 0.425. The summed E-state index contributed by atoms with van der Waals surface area (Å²) in [5.74, 6) is -0.820. The molecule has 1 aliphatic heterocycles. The van der Waals surface area contributed by atoms with Gasteiger partial charge in [-0.1, -0.05) is 31.2 Å². The summed E-state index contributed by atoms with van der Waals surface area (Å²) in [6.07, 6.45) is 10.9. The van der Waals surface area contributed by atoms with Crippen LogP contribution in [0.3, 0.4) is 0 Å². The maximum atomic E-state index is 12.4. The Morgan fingerprint density at radius 3 is 2.65 bits per heavy atom. The lowest BCUT2D eigenvalue weighted by Gasteiger charge is -2.18. The topological polar surface area (TPSA) is 52.6 Å². The van der Waals surface area contributed by atoms with Gasteiger partial charge in [0.2, 0.25) is 5.78 Å². The first-order chi connectivity index (χ1) is 9.50. The van der Waals surface area contributed by atoms with Crippen LogP contribution in [0.15, 0.2) is 48.0 Å². The van der Waals surface area contributed by atoms with Gasteiger partial charge in [-0.15, -0.1) is 0 Å². The third-order valence-corrected chi connectivity index (χ3v) is 2.83. The predicted molar refractivity (Wildman–Crippen MR) is 76.9 cm³/mol. The Morgan fingerprint density at radius 1 is 1.40 bits per heavy atom. The highest BCUT2D eigenvalue weighted by molar-refractivity contribution is 6.28. The first kappa shape index (κ1) is 16.0. The van der Waals surface area contributed by atoms with Crippen LogP contribution in [-0.2, 0) is 19.1 Å². The van der Waals surface area contributed by atoms with Crippen molar-refractivity contribution in [2.24, 2.45) is 0 Å². The molecule has 4 nitrogen and oxygen atoms in total. The molecule has 0 saturated carbocycles. The highest BCUT2D eigenvalue weighted by Crippen LogP contribution is 2.32. The molecule has 0 N–H and O–H groups in total. The Bertz CT molecular complexity index is 509. The second kappa shape index (κ2) is 6.89. The van der Waals surface area contributed by atoms with E-state index < -0.39 is 17.2 Å². The van der Waals surface area contributed by atoms with Crippen molar-refractivity contribution in [2.45, 2.75) is 32.8 Å². The van der Waals surface area contributed by atoms with Gasteiger partial charge in [0.25, 0.3) is 5.95 Å². The van der Waals surface area contributed by atoms with E-state index in [-0.39, 0.29) is 11.5 Å². The smallest absolute Gasteiger partial charge is 0.295 e. The molecule has 108 valence electrons. The van der Waals surface area contributed by atoms with E-state index in [0.717, 1.165) is 6.42 Å². The number of carbonyl (C=O) groups is 2. The summed E-state index contributed by atoms with van der Waals surface area (Å²) in [6.45, 7) is 5.34. The van der Waals surface area contributed by atoms with Crippen molar-refractivity contribution in [1.82, 2.24) is 0 Å². The minimum atomic E-state index is -1.20. The molecule has 0 aromatic carbocycles. The Kier molecular flexibility index (Phi) is 5.50. The minimum absolute atomic E-state index is 0.0234. The molecule has 0 aromatic heterocycles. The van der Waals surface area contributed by atoms with E-state index in [1.807, 2.05) is 19.1 Å². The number of rotatable bonds is 6. The lowest BCUT2D eigenvalue weighted by molar-refractivity contribution is -0.128. The molecule has 0 spiro atoms. The standard InChI is InChI=1S/C16H20O4/c1-5-7-8-9-11-16(3)14(18)13(12(17)10-6-2)15(19-4)20-16/h6-11H,5H2,1-4H3/b8-7+,10-6+,11-9+/t16-/m1/s1. The van der Waals surface area contributed by atoms with E-state index in [9.17, 15) is 9.59 Å². The summed E-state index contributed by atoms with van der Waals surface area (Å²) < 4.78 is 10.5. The fourth-order valence-electron chi connectivity index (χ4n) is 1.79. The molecule has 1 atom stereocenters. The second-order valence-corrected chi connectivity index (χ2v) is 4.46. The van der Waals surface area contributed by atoms with Crippen LogP contribution in [0.5, 0.6) is 0 Å². The Balaban J connectivity index is 3.04. The van der Waals surface area contributed by atoms with Gasteiger partial charge in [0.05, 0.1) is 7.11 Å². The minimum Gasteiger partial charge on any atom is -0.468 e. The highest BCUT2D eigenvalue weighted by Gasteiger charge is 2.47. The van der Waals surface area contributed by atoms with Gasteiger partial charge < -0.3 is 9.47 Å². The maximum Gasteiger partial charge on any atom is 0.295 e. The zero-order chi connectivity index (χ0) is 15.2. The van der Waals surface area contributed by atoms with Gasteiger partial charge in [0, 0.05) is 0 Å². The molecule has 0 aliphatic carbocycles. The number of hydrogen-bond acceptors (Lipinski definition) is 4. The lowest BCUT2D eigenvalue weighted by Crippen LogP contribution is -2.32. The van der Waals surface area contributed by atoms with Crippen molar-refractivity contribution >= 4 is 11.6 Å². The number of ether oxygens (including phenoxy) is 2. The summed E-state index contributed by atoms with van der Waals surface area (Å²) in [5.41, 5.74) is -1.24. The normalized spacial score (nSPS) is 23.3. The largest absolute Gasteiger partial charge is 0.468 e. The fraction of sp³-hybridized carbons (Fsp3) is 0.375. The summed E-state index contributed by atoms with van der Waals surface area (Å²) in [7, 11) is 1.37. The van der Waals surface area contributed by atoms with Crippen molar-refractivity contribution in [1.29, 1.82) is 0 Å². The molecule has 0 aromatic rings. The van der Waals surface area contributed by atoms with Crippen LogP contribution in [0.1, 0.15) is 27.2 Å². The van der Waals surface area contributed by atoms with E-state index in [1.54, 1.807) is 32.1 Å². The summed E-state index contributed by atoms with van der Waals surface area (Å²) in [5, 5.41) is 0. The van der Waals surface area contributed by atoms with Gasteiger partial charge in [-0.2, -0.15) is 0 Å². The predicted octanol–water partition coefficient (Wildman–Crippen LogP) is 2.87. The van der Waals surface area contributed by atoms with E-state index in [1.165, 1.54) is 13.2 Å². The number of carbonyl (C=O) groups excluding carboxylic acids is 2. The van der Waals surface area contributed by atoms with Gasteiger partial charge in [0.1, 0.15) is 5.57 Å². The average Bonchev–Trinajstić information content (AvgIpc) is 2.68. The Labute approximate surface area is 119 Å². The number of allylic oxidation sites excluding steroid dienone is 5. The van der Waals surface area contributed by atoms with E-state index in [2.05, 4.69) is 0 Å². The van der Waals surface area contributed by atoms with Gasteiger partial charge in [-0.3, -0.25) is 9.59 Å². The van der Waals surface area contributed by atoms with Crippen molar-refractivity contribution in [3.8, 4) is 0 Å². The summed E-state index contributed by atoms with van der Waals surface area (Å²) in [4.78, 5) is 24.3. The SMILES string of the molecule is C/C=C/C(=O)C1=C(OC)O[C@](C)(/C=C/C=C/CC)C1=O. The van der Waals surface area contributed by atoms with E-state index in [4.69, 9.17) is 9.47 Å². The zero-order valence-corrected chi connectivity index (χ0v) is 12.3. The third kappa shape index (κ3) is 3.26. The zero-order valence-electron chi connectivity index (χ0n) is 12.3. The monoisotopic (exact) mass is 276 g/mol. The molecule has 1 heterocycles. The first-order valence-electron chi connectivity index (χ1n) is 6.53. The average molecular weight is 276 g/mol. The van der Waals surface area contributed by atoms with Crippen LogP contribution in [0.2, 0.25) is 0 Å². The van der Waals surface area contributed by atoms with Crippen molar-refractivity contribution in [3.05, 3.63) is 48.0 Å². The Morgan fingerprint density at radius 2 is 2.10 bits per heavy atom. The number of ketones is 2. The molecule has 1 rings (SSSR count). The van der Waals surface area contributed by atoms with Crippen molar-refractivity contribution in [2.75, 3.05) is 7.11 Å². The molecule has 0 radical (unpaired) electrons. The van der Waals surface area contributed by atoms with Gasteiger partial charge in [-0.05, 0) is 32.4 Å². The molecule has 0 saturated heterocycles. The molecule has 0 bridgehead atoms. The molecule has 1 aliphatic rings. The van der Waals surface area contributed by atoms with Crippen LogP contribution in [0.4, 0.5) is 0 Å². The van der Waals surface area contributed by atoms with Crippen LogP contribution < -0.4 is 0 Å². The van der Waals surface area contributed by atoms with Crippen molar-refractivity contribution < 1.29 is 19.1 Å². The van der Waals surface area contributed by atoms with Crippen LogP contribution in [-0.4, -0.2) is 24.3 Å². The maximum absolute atomic E-state index is 12.4. The molecule has 0 unspecified atom stereocenters. The van der Waals surface area contributed by atoms with Crippen molar-refractivity contribution in [3.63, 3.8) is 0 Å². The van der Waals surface area contributed by atoms with Crippen LogP contribution >= 0.6 is 0 Å². The number of methoxy groups -OCH3 is 1. The molecule has 4 heteroatoms. The van der Waals surface area contributed by atoms with Gasteiger partial charge >= 0.3 is 0 Å². The molecule has 0 fully saturated rings. The van der Waals surface area contributed by atoms with Gasteiger partial charge in [-0.25, -0.2) is 0 Å². The Hall–Kier alpha value is -2.10. The van der Waals surface area contributed by atoms with Crippen LogP contribution in [0, 0.1) is 0 Å². The van der Waals surface area contributed by atoms with Crippen LogP contribution in [0.25, 0.3) is 0 Å². The molecule has 0 amide bonds. The second-order valence-electron chi connectivity index (χ2n) is 4.46. The van der Waals surface area contributed by atoms with Gasteiger partial charge in [0.15, 0.2) is 11.4 Å². The molecular formula is C16H20O4. The van der Waals surface area contributed by atoms with E-state index in [0.29, 0.717) is 0 Å². The lowest BCUT2D eigenvalue weighted by atomic mass is 9.94. The molecular weight excluding hydrogens is 256 g/mol. The number of Topliss-reactive ketones (excluding diaryl/α,β-unsaturated/α-hetero) is 1. The molecule has 20 heavy (non-hydrogen) atoms. The first-order valence-corrected chi connectivity index (χ1v) is 6.53. The number of hydrogen-bond donors (Lipinski definition) is 0. The van der Waals surface area contributed by atoms with E-state index >= 15 is 0 Å².